The number of nitrogens with one attached hydrogen (secondary N) is 1. The third kappa shape index (κ3) is 6.89. The predicted molar refractivity (Wildman–Crippen MR) is 117 cm³/mol. The molecule has 2 aromatic rings. The van der Waals surface area contributed by atoms with Gasteiger partial charge in [0.05, 0.1) is 18.8 Å². The standard InChI is InChI=1S/C18H25FN4O2S.HI/c1-5-20-18(21-9-13-6-7-16(24)15(19)8-13)23(3)10-14-11-26-17(22-14)12(2)25-4;/h6-8,11-12,24H,5,9-10H2,1-4H3,(H,20,21);1H. The van der Waals surface area contributed by atoms with Gasteiger partial charge < -0.3 is 20.1 Å². The van der Waals surface area contributed by atoms with Crippen molar-refractivity contribution in [2.45, 2.75) is 33.0 Å². The Kier molecular flexibility index (Phi) is 9.95. The lowest BCUT2D eigenvalue weighted by atomic mass is 10.2. The first kappa shape index (κ1) is 23.6. The smallest absolute Gasteiger partial charge is 0.194 e. The van der Waals surface area contributed by atoms with E-state index < -0.39 is 5.82 Å². The summed E-state index contributed by atoms with van der Waals surface area (Å²) in [7, 11) is 3.59. The van der Waals surface area contributed by atoms with E-state index >= 15 is 0 Å². The van der Waals surface area contributed by atoms with Crippen molar-refractivity contribution in [3.05, 3.63) is 45.7 Å². The third-order valence-electron chi connectivity index (χ3n) is 3.79. The van der Waals surface area contributed by atoms with Gasteiger partial charge in [-0.15, -0.1) is 35.3 Å². The molecule has 1 aromatic heterocycles. The number of methoxy groups -OCH3 is 1. The number of thiazole rings is 1. The molecule has 1 heterocycles. The number of ether oxygens (including phenoxy) is 1. The molecular formula is C18H26FIN4O2S. The van der Waals surface area contributed by atoms with E-state index in [0.717, 1.165) is 17.2 Å². The second kappa shape index (κ2) is 11.4. The number of phenols is 1. The molecule has 0 aliphatic carbocycles. The van der Waals surface area contributed by atoms with E-state index in [2.05, 4.69) is 15.3 Å². The van der Waals surface area contributed by atoms with E-state index in [0.29, 0.717) is 24.6 Å². The zero-order chi connectivity index (χ0) is 19.1. The largest absolute Gasteiger partial charge is 0.505 e. The van der Waals surface area contributed by atoms with Gasteiger partial charge in [0.1, 0.15) is 11.1 Å². The van der Waals surface area contributed by atoms with Crippen molar-refractivity contribution >= 4 is 41.3 Å². The van der Waals surface area contributed by atoms with Crippen molar-refractivity contribution < 1.29 is 14.2 Å². The highest BCUT2D eigenvalue weighted by atomic mass is 127. The Morgan fingerprint density at radius 1 is 1.48 bits per heavy atom. The highest BCUT2D eigenvalue weighted by Gasteiger charge is 2.13. The molecule has 0 amide bonds. The van der Waals surface area contributed by atoms with Crippen LogP contribution in [0.1, 0.15) is 36.2 Å². The minimum Gasteiger partial charge on any atom is -0.505 e. The highest BCUT2D eigenvalue weighted by Crippen LogP contribution is 2.21. The maximum atomic E-state index is 13.5. The first-order valence-electron chi connectivity index (χ1n) is 8.38. The minimum absolute atomic E-state index is 0. The van der Waals surface area contributed by atoms with Gasteiger partial charge in [-0.05, 0) is 31.5 Å². The van der Waals surface area contributed by atoms with Crippen LogP contribution in [0, 0.1) is 5.82 Å². The number of aromatic hydroxyl groups is 1. The number of aliphatic imine (C=N–C) groups is 1. The number of aromatic nitrogens is 1. The first-order valence-corrected chi connectivity index (χ1v) is 9.26. The van der Waals surface area contributed by atoms with Crippen LogP contribution in [0.2, 0.25) is 0 Å². The number of guanidine groups is 1. The number of benzene rings is 1. The average molecular weight is 508 g/mol. The van der Waals surface area contributed by atoms with Gasteiger partial charge in [-0.25, -0.2) is 14.4 Å². The van der Waals surface area contributed by atoms with Crippen LogP contribution < -0.4 is 5.32 Å². The zero-order valence-corrected chi connectivity index (χ0v) is 19.0. The monoisotopic (exact) mass is 508 g/mol. The average Bonchev–Trinajstić information content (AvgIpc) is 3.09. The van der Waals surface area contributed by atoms with Crippen LogP contribution in [0.4, 0.5) is 4.39 Å². The van der Waals surface area contributed by atoms with Crippen LogP contribution in [0.5, 0.6) is 5.75 Å². The molecule has 27 heavy (non-hydrogen) atoms. The summed E-state index contributed by atoms with van der Waals surface area (Å²) in [6.45, 7) is 5.59. The molecule has 0 bridgehead atoms. The van der Waals surface area contributed by atoms with E-state index in [1.54, 1.807) is 24.5 Å². The molecule has 0 spiro atoms. The molecule has 9 heteroatoms. The molecule has 1 unspecified atom stereocenters. The fourth-order valence-electron chi connectivity index (χ4n) is 2.29. The number of nitrogens with zero attached hydrogens (tertiary/aromatic N) is 3. The van der Waals surface area contributed by atoms with Crippen LogP contribution in [-0.4, -0.2) is 41.7 Å². The maximum Gasteiger partial charge on any atom is 0.194 e. The maximum absolute atomic E-state index is 13.5. The van der Waals surface area contributed by atoms with Crippen molar-refractivity contribution in [3.8, 4) is 5.75 Å². The molecule has 0 aliphatic rings. The fraction of sp³-hybridized carbons (Fsp3) is 0.444. The van der Waals surface area contributed by atoms with Gasteiger partial charge in [0.25, 0.3) is 0 Å². The number of hydrogen-bond acceptors (Lipinski definition) is 5. The molecule has 6 nitrogen and oxygen atoms in total. The van der Waals surface area contributed by atoms with Gasteiger partial charge in [0.15, 0.2) is 17.5 Å². The van der Waals surface area contributed by atoms with E-state index in [1.807, 2.05) is 31.2 Å². The zero-order valence-electron chi connectivity index (χ0n) is 15.9. The summed E-state index contributed by atoms with van der Waals surface area (Å²) in [5, 5.41) is 15.4. The fourth-order valence-corrected chi connectivity index (χ4v) is 3.13. The Hall–Kier alpha value is -1.46. The van der Waals surface area contributed by atoms with Gasteiger partial charge >= 0.3 is 0 Å². The molecule has 2 rings (SSSR count). The Labute approximate surface area is 180 Å². The SMILES string of the molecule is CCNC(=NCc1ccc(O)c(F)c1)N(C)Cc1csc(C(C)OC)n1.I. The summed E-state index contributed by atoms with van der Waals surface area (Å²) in [5.74, 6) is -0.292. The first-order chi connectivity index (χ1) is 12.4. The van der Waals surface area contributed by atoms with Gasteiger partial charge in [-0.1, -0.05) is 6.07 Å². The molecule has 0 saturated heterocycles. The van der Waals surface area contributed by atoms with E-state index in [1.165, 1.54) is 12.1 Å². The molecule has 0 fully saturated rings. The van der Waals surface area contributed by atoms with Gasteiger partial charge in [-0.2, -0.15) is 0 Å². The summed E-state index contributed by atoms with van der Waals surface area (Å²) >= 11 is 1.57. The van der Waals surface area contributed by atoms with Gasteiger partial charge in [-0.3, -0.25) is 0 Å². The predicted octanol–water partition coefficient (Wildman–Crippen LogP) is 3.91. The quantitative estimate of drug-likeness (QED) is 0.337. The van der Waals surface area contributed by atoms with E-state index in [9.17, 15) is 9.50 Å². The molecule has 0 aliphatic heterocycles. The normalized spacial score (nSPS) is 12.4. The van der Waals surface area contributed by atoms with Gasteiger partial charge in [0.2, 0.25) is 0 Å². The van der Waals surface area contributed by atoms with Crippen molar-refractivity contribution in [3.63, 3.8) is 0 Å². The third-order valence-corrected chi connectivity index (χ3v) is 4.84. The number of rotatable bonds is 7. The Morgan fingerprint density at radius 3 is 2.85 bits per heavy atom. The van der Waals surface area contributed by atoms with Crippen molar-refractivity contribution in [2.24, 2.45) is 4.99 Å². The number of hydrogen-bond donors (Lipinski definition) is 2. The Balaban J connectivity index is 0.00000364. The lowest BCUT2D eigenvalue weighted by molar-refractivity contribution is 0.119. The van der Waals surface area contributed by atoms with E-state index in [-0.39, 0.29) is 35.8 Å². The molecule has 1 aromatic carbocycles. The summed E-state index contributed by atoms with van der Waals surface area (Å²) in [6, 6.07) is 4.29. The number of halogens is 2. The summed E-state index contributed by atoms with van der Waals surface area (Å²) in [6.07, 6.45) is -0.0228. The minimum atomic E-state index is -0.640. The van der Waals surface area contributed by atoms with Crippen LogP contribution in [-0.2, 0) is 17.8 Å². The van der Waals surface area contributed by atoms with Crippen LogP contribution in [0.25, 0.3) is 0 Å². The van der Waals surface area contributed by atoms with Crippen molar-refractivity contribution in [1.82, 2.24) is 15.2 Å². The number of phenolic OH excluding ortho intramolecular Hbond substituents is 1. The van der Waals surface area contributed by atoms with Crippen LogP contribution in [0.3, 0.4) is 0 Å². The molecule has 0 saturated carbocycles. The summed E-state index contributed by atoms with van der Waals surface area (Å²) in [4.78, 5) is 11.1. The summed E-state index contributed by atoms with van der Waals surface area (Å²) in [5.41, 5.74) is 1.63. The topological polar surface area (TPSA) is 70.0 Å². The molecule has 2 N–H and O–H groups in total. The highest BCUT2D eigenvalue weighted by molar-refractivity contribution is 14.0. The Morgan fingerprint density at radius 2 is 2.22 bits per heavy atom. The van der Waals surface area contributed by atoms with Gasteiger partial charge in [0, 0.05) is 26.1 Å². The van der Waals surface area contributed by atoms with Crippen LogP contribution >= 0.6 is 35.3 Å². The Bertz CT molecular complexity index is 757. The van der Waals surface area contributed by atoms with Crippen molar-refractivity contribution in [2.75, 3.05) is 20.7 Å². The molecular weight excluding hydrogens is 482 g/mol. The second-order valence-electron chi connectivity index (χ2n) is 5.87. The molecule has 1 atom stereocenters. The lowest BCUT2D eigenvalue weighted by Gasteiger charge is -2.21. The van der Waals surface area contributed by atoms with E-state index in [4.69, 9.17) is 4.74 Å². The molecule has 0 radical (unpaired) electrons. The lowest BCUT2D eigenvalue weighted by Crippen LogP contribution is -2.38. The molecule has 150 valence electrons. The van der Waals surface area contributed by atoms with Crippen molar-refractivity contribution in [1.29, 1.82) is 0 Å². The second-order valence-corrected chi connectivity index (χ2v) is 6.76. The summed E-state index contributed by atoms with van der Waals surface area (Å²) < 4.78 is 18.7. The van der Waals surface area contributed by atoms with Crippen LogP contribution in [0.15, 0.2) is 28.6 Å².